The Bertz CT molecular complexity index is 540. The number of nitrogens with two attached hydrogens (primary N) is 1. The van der Waals surface area contributed by atoms with E-state index in [0.29, 0.717) is 0 Å². The van der Waals surface area contributed by atoms with E-state index in [4.69, 9.17) is 5.73 Å². The molecule has 0 atom stereocenters. The molecular weight excluding hydrogens is 228 g/mol. The highest BCUT2D eigenvalue weighted by molar-refractivity contribution is 5.50. The van der Waals surface area contributed by atoms with E-state index in [0.717, 1.165) is 49.9 Å². The molecule has 1 saturated heterocycles. The van der Waals surface area contributed by atoms with Crippen molar-refractivity contribution in [2.75, 3.05) is 39.0 Å². The summed E-state index contributed by atoms with van der Waals surface area (Å²) >= 11 is 0. The fourth-order valence-electron chi connectivity index (χ4n) is 2.22. The van der Waals surface area contributed by atoms with Crippen LogP contribution < -0.4 is 5.73 Å². The van der Waals surface area contributed by atoms with E-state index < -0.39 is 0 Å². The number of rotatable bonds is 2. The van der Waals surface area contributed by atoms with Crippen LogP contribution in [0.1, 0.15) is 5.82 Å². The highest BCUT2D eigenvalue weighted by atomic mass is 15.3. The molecule has 0 radical (unpaired) electrons. The van der Waals surface area contributed by atoms with Gasteiger partial charge in [0, 0.05) is 44.1 Å². The molecule has 2 aromatic rings. The molecular formula is C12H18N6. The van der Waals surface area contributed by atoms with Crippen molar-refractivity contribution in [2.24, 2.45) is 0 Å². The van der Waals surface area contributed by atoms with Gasteiger partial charge in [-0.2, -0.15) is 0 Å². The molecule has 0 bridgehead atoms. The van der Waals surface area contributed by atoms with E-state index >= 15 is 0 Å². The lowest BCUT2D eigenvalue weighted by Crippen LogP contribution is -2.44. The molecule has 3 heterocycles. The molecule has 0 spiro atoms. The summed E-state index contributed by atoms with van der Waals surface area (Å²) in [5.41, 5.74) is 7.28. The minimum absolute atomic E-state index is 0.723. The number of piperazine rings is 1. The number of hydrogen-bond donors (Lipinski definition) is 1. The number of fused-ring (bicyclic) bond motifs is 1. The lowest BCUT2D eigenvalue weighted by atomic mass is 10.3. The monoisotopic (exact) mass is 246 g/mol. The summed E-state index contributed by atoms with van der Waals surface area (Å²) in [7, 11) is 2.16. The minimum Gasteiger partial charge on any atom is -0.399 e. The number of nitrogens with zero attached hydrogens (tertiary/aromatic N) is 5. The van der Waals surface area contributed by atoms with Crippen LogP contribution in [0.5, 0.6) is 0 Å². The smallest absolute Gasteiger partial charge is 0.165 e. The van der Waals surface area contributed by atoms with Crippen molar-refractivity contribution in [3.63, 3.8) is 0 Å². The number of likely N-dealkylation sites (N-methyl/N-ethyl adjacent to an activating group) is 1. The van der Waals surface area contributed by atoms with E-state index in [1.807, 2.05) is 18.3 Å². The molecule has 0 aliphatic carbocycles. The topological polar surface area (TPSA) is 62.7 Å². The Hall–Kier alpha value is -1.66. The van der Waals surface area contributed by atoms with Gasteiger partial charge in [-0.25, -0.2) is 9.50 Å². The predicted molar refractivity (Wildman–Crippen MR) is 70.2 cm³/mol. The fourth-order valence-corrected chi connectivity index (χ4v) is 2.22. The summed E-state index contributed by atoms with van der Waals surface area (Å²) in [6.07, 6.45) is 1.85. The minimum atomic E-state index is 0.723. The summed E-state index contributed by atoms with van der Waals surface area (Å²) in [5.74, 6) is 0.866. The first-order chi connectivity index (χ1) is 8.70. The number of nitrogen functional groups attached to an aromatic ring is 1. The Morgan fingerprint density at radius 3 is 2.83 bits per heavy atom. The second-order valence-electron chi connectivity index (χ2n) is 4.87. The van der Waals surface area contributed by atoms with Gasteiger partial charge in [-0.05, 0) is 13.1 Å². The molecule has 18 heavy (non-hydrogen) atoms. The van der Waals surface area contributed by atoms with Crippen LogP contribution >= 0.6 is 0 Å². The van der Waals surface area contributed by atoms with Crippen molar-refractivity contribution >= 4 is 11.3 Å². The van der Waals surface area contributed by atoms with Crippen molar-refractivity contribution in [2.45, 2.75) is 6.54 Å². The molecule has 1 fully saturated rings. The SMILES string of the molecule is CN1CCN(Cc2nc3cc(N)ccn3n2)CC1. The van der Waals surface area contributed by atoms with Gasteiger partial charge in [0.15, 0.2) is 11.5 Å². The van der Waals surface area contributed by atoms with Gasteiger partial charge in [0.1, 0.15) is 0 Å². The Morgan fingerprint density at radius 1 is 1.28 bits per heavy atom. The maximum atomic E-state index is 5.74. The first-order valence-corrected chi connectivity index (χ1v) is 6.22. The molecule has 3 rings (SSSR count). The van der Waals surface area contributed by atoms with Crippen molar-refractivity contribution in [3.8, 4) is 0 Å². The van der Waals surface area contributed by atoms with Crippen LogP contribution in [0.15, 0.2) is 18.3 Å². The summed E-state index contributed by atoms with van der Waals surface area (Å²) in [5, 5.41) is 4.46. The van der Waals surface area contributed by atoms with E-state index in [1.54, 1.807) is 4.52 Å². The summed E-state index contributed by atoms with van der Waals surface area (Å²) in [6, 6.07) is 3.68. The highest BCUT2D eigenvalue weighted by Crippen LogP contribution is 2.09. The van der Waals surface area contributed by atoms with E-state index in [1.165, 1.54) is 0 Å². The van der Waals surface area contributed by atoms with Gasteiger partial charge >= 0.3 is 0 Å². The van der Waals surface area contributed by atoms with Crippen molar-refractivity contribution in [3.05, 3.63) is 24.2 Å². The standard InChI is InChI=1S/C12H18N6/c1-16-4-6-17(7-5-16)9-11-14-12-8-10(13)2-3-18(12)15-11/h2-3,8H,4-7,9,13H2,1H3. The van der Waals surface area contributed by atoms with Crippen LogP contribution in [-0.4, -0.2) is 57.6 Å². The Morgan fingerprint density at radius 2 is 2.06 bits per heavy atom. The summed E-state index contributed by atoms with van der Waals surface area (Å²) in [4.78, 5) is 9.23. The van der Waals surface area contributed by atoms with Gasteiger partial charge in [-0.3, -0.25) is 4.90 Å². The highest BCUT2D eigenvalue weighted by Gasteiger charge is 2.15. The normalized spacial score (nSPS) is 18.5. The summed E-state index contributed by atoms with van der Waals surface area (Å²) in [6.45, 7) is 5.19. The zero-order valence-electron chi connectivity index (χ0n) is 10.6. The average Bonchev–Trinajstić information content (AvgIpc) is 2.73. The Kier molecular flexibility index (Phi) is 2.89. The van der Waals surface area contributed by atoms with Crippen molar-refractivity contribution in [1.29, 1.82) is 0 Å². The van der Waals surface area contributed by atoms with Crippen LogP contribution in [-0.2, 0) is 6.54 Å². The van der Waals surface area contributed by atoms with Crippen LogP contribution in [0, 0.1) is 0 Å². The van der Waals surface area contributed by atoms with Crippen LogP contribution in [0.3, 0.4) is 0 Å². The molecule has 0 unspecified atom stereocenters. The first-order valence-electron chi connectivity index (χ1n) is 6.22. The van der Waals surface area contributed by atoms with Gasteiger partial charge in [-0.15, -0.1) is 5.10 Å². The van der Waals surface area contributed by atoms with E-state index in [2.05, 4.69) is 26.9 Å². The number of anilines is 1. The molecule has 1 aliphatic rings. The molecule has 1 aliphatic heterocycles. The third-order valence-corrected chi connectivity index (χ3v) is 3.37. The molecule has 0 aromatic carbocycles. The molecule has 6 heteroatoms. The zero-order chi connectivity index (χ0) is 12.5. The maximum Gasteiger partial charge on any atom is 0.165 e. The average molecular weight is 246 g/mol. The summed E-state index contributed by atoms with van der Waals surface area (Å²) < 4.78 is 1.78. The number of hydrogen-bond acceptors (Lipinski definition) is 5. The largest absolute Gasteiger partial charge is 0.399 e. The van der Waals surface area contributed by atoms with E-state index in [9.17, 15) is 0 Å². The second-order valence-corrected chi connectivity index (χ2v) is 4.87. The number of aromatic nitrogens is 3. The van der Waals surface area contributed by atoms with Crippen molar-refractivity contribution < 1.29 is 0 Å². The van der Waals surface area contributed by atoms with Crippen LogP contribution in [0.25, 0.3) is 5.65 Å². The van der Waals surface area contributed by atoms with Gasteiger partial charge in [-0.1, -0.05) is 0 Å². The molecule has 2 aromatic heterocycles. The molecule has 2 N–H and O–H groups in total. The van der Waals surface area contributed by atoms with Gasteiger partial charge in [0.25, 0.3) is 0 Å². The van der Waals surface area contributed by atoms with Crippen molar-refractivity contribution in [1.82, 2.24) is 24.4 Å². The van der Waals surface area contributed by atoms with Crippen LogP contribution in [0.2, 0.25) is 0 Å². The molecule has 96 valence electrons. The first kappa shape index (κ1) is 11.4. The molecule has 0 amide bonds. The third-order valence-electron chi connectivity index (χ3n) is 3.37. The third kappa shape index (κ3) is 2.30. The quantitative estimate of drug-likeness (QED) is 0.812. The molecule has 6 nitrogen and oxygen atoms in total. The predicted octanol–water partition coefficient (Wildman–Crippen LogP) is 0.0589. The number of pyridine rings is 1. The second kappa shape index (κ2) is 4.55. The van der Waals surface area contributed by atoms with Gasteiger partial charge in [0.2, 0.25) is 0 Å². The molecule has 0 saturated carbocycles. The Labute approximate surface area is 106 Å². The lowest BCUT2D eigenvalue weighted by Gasteiger charge is -2.31. The lowest BCUT2D eigenvalue weighted by molar-refractivity contribution is 0.145. The zero-order valence-corrected chi connectivity index (χ0v) is 10.6. The van der Waals surface area contributed by atoms with Crippen LogP contribution in [0.4, 0.5) is 5.69 Å². The van der Waals surface area contributed by atoms with E-state index in [-0.39, 0.29) is 0 Å². The fraction of sp³-hybridized carbons (Fsp3) is 0.500. The van der Waals surface area contributed by atoms with Gasteiger partial charge < -0.3 is 10.6 Å². The van der Waals surface area contributed by atoms with Gasteiger partial charge in [0.05, 0.1) is 6.54 Å². The maximum absolute atomic E-state index is 5.74. The Balaban J connectivity index is 1.74.